The molecule has 2 aliphatic rings. The highest BCUT2D eigenvalue weighted by Gasteiger charge is 2.28. The topological polar surface area (TPSA) is 79.5 Å². The van der Waals surface area contributed by atoms with Gasteiger partial charge in [0.2, 0.25) is 0 Å². The number of imide groups is 1. The number of unbranched alkanes of at least 4 members (excludes halogenated alkanes) is 2. The van der Waals surface area contributed by atoms with Crippen LogP contribution in [0.3, 0.4) is 0 Å². The Kier molecular flexibility index (Phi) is 7.56. The van der Waals surface area contributed by atoms with Crippen LogP contribution in [-0.4, -0.2) is 30.3 Å². The first-order chi connectivity index (χ1) is 13.5. The van der Waals surface area contributed by atoms with E-state index in [4.69, 9.17) is 4.74 Å². The molecule has 1 aromatic carbocycles. The lowest BCUT2D eigenvalue weighted by atomic mass is 10.1. The summed E-state index contributed by atoms with van der Waals surface area (Å²) in [5, 5.41) is 4.86. The van der Waals surface area contributed by atoms with Crippen LogP contribution in [0.15, 0.2) is 18.2 Å². The molecule has 0 spiro atoms. The standard InChI is InChI=1S/C20H28FN3O3S/c1-13(15-8-9-16(21)18(11-15)27-12-14-6-7-14)24-28-10-4-2-3-5-17-19(25)23-20(26)22-17/h8-9,11,13-14,17,24H,2-7,10,12H2,1H3,(H2,22,23,25,26). The first-order valence-electron chi connectivity index (χ1n) is 9.94. The highest BCUT2D eigenvalue weighted by atomic mass is 32.2. The van der Waals surface area contributed by atoms with E-state index in [0.717, 1.165) is 30.6 Å². The Hall–Kier alpha value is -1.80. The van der Waals surface area contributed by atoms with Gasteiger partial charge in [0.05, 0.1) is 6.61 Å². The normalized spacial score (nSPS) is 20.0. The molecular formula is C20H28FN3O3S. The maximum atomic E-state index is 13.9. The highest BCUT2D eigenvalue weighted by molar-refractivity contribution is 7.97. The van der Waals surface area contributed by atoms with E-state index in [1.807, 2.05) is 6.92 Å². The van der Waals surface area contributed by atoms with Crippen LogP contribution in [0.5, 0.6) is 5.75 Å². The number of benzene rings is 1. The van der Waals surface area contributed by atoms with E-state index >= 15 is 0 Å². The van der Waals surface area contributed by atoms with Gasteiger partial charge in [0.15, 0.2) is 11.6 Å². The second-order valence-electron chi connectivity index (χ2n) is 7.50. The summed E-state index contributed by atoms with van der Waals surface area (Å²) in [6, 6.07) is 4.36. The van der Waals surface area contributed by atoms with Gasteiger partial charge in [-0.2, -0.15) is 0 Å². The number of hydrogen-bond acceptors (Lipinski definition) is 5. The number of carbonyl (C=O) groups excluding carboxylic acids is 2. The maximum Gasteiger partial charge on any atom is 0.322 e. The summed E-state index contributed by atoms with van der Waals surface area (Å²) in [5.41, 5.74) is 1.00. The Balaban J connectivity index is 1.29. The lowest BCUT2D eigenvalue weighted by Crippen LogP contribution is -2.28. The van der Waals surface area contributed by atoms with E-state index in [1.165, 1.54) is 18.9 Å². The van der Waals surface area contributed by atoms with E-state index in [1.54, 1.807) is 24.1 Å². The zero-order valence-corrected chi connectivity index (χ0v) is 16.9. The van der Waals surface area contributed by atoms with Crippen LogP contribution in [0.1, 0.15) is 57.1 Å². The van der Waals surface area contributed by atoms with Crippen LogP contribution in [0.2, 0.25) is 0 Å². The predicted molar refractivity (Wildman–Crippen MR) is 108 cm³/mol. The van der Waals surface area contributed by atoms with Crippen molar-refractivity contribution in [2.45, 2.75) is 57.5 Å². The Bertz CT molecular complexity index is 699. The quantitative estimate of drug-likeness (QED) is 0.279. The minimum atomic E-state index is -0.398. The zero-order chi connectivity index (χ0) is 19.9. The first kappa shape index (κ1) is 20.9. The molecule has 28 heavy (non-hydrogen) atoms. The number of urea groups is 1. The van der Waals surface area contributed by atoms with Crippen LogP contribution in [0.25, 0.3) is 0 Å². The van der Waals surface area contributed by atoms with Gasteiger partial charge in [0.1, 0.15) is 6.04 Å². The summed E-state index contributed by atoms with van der Waals surface area (Å²) in [4.78, 5) is 22.5. The lowest BCUT2D eigenvalue weighted by molar-refractivity contribution is -0.120. The smallest absolute Gasteiger partial charge is 0.322 e. The van der Waals surface area contributed by atoms with E-state index < -0.39 is 6.03 Å². The van der Waals surface area contributed by atoms with Gasteiger partial charge in [0.25, 0.3) is 5.91 Å². The summed E-state index contributed by atoms with van der Waals surface area (Å²) in [6.45, 7) is 2.65. The Labute approximate surface area is 169 Å². The fourth-order valence-electron chi connectivity index (χ4n) is 3.01. The minimum absolute atomic E-state index is 0.0891. The zero-order valence-electron chi connectivity index (χ0n) is 16.1. The molecule has 1 aliphatic heterocycles. The molecule has 0 bridgehead atoms. The van der Waals surface area contributed by atoms with Gasteiger partial charge in [-0.3, -0.25) is 14.8 Å². The van der Waals surface area contributed by atoms with Crippen molar-refractivity contribution >= 4 is 23.9 Å². The van der Waals surface area contributed by atoms with Crippen molar-refractivity contribution in [1.29, 1.82) is 0 Å². The van der Waals surface area contributed by atoms with Crippen LogP contribution in [-0.2, 0) is 4.79 Å². The van der Waals surface area contributed by atoms with Crippen molar-refractivity contribution in [2.75, 3.05) is 12.4 Å². The lowest BCUT2D eigenvalue weighted by Gasteiger charge is -2.15. The number of carbonyl (C=O) groups is 2. The molecule has 3 rings (SSSR count). The van der Waals surface area contributed by atoms with Gasteiger partial charge < -0.3 is 10.1 Å². The summed E-state index contributed by atoms with van der Waals surface area (Å²) in [5.74, 6) is 1.34. The minimum Gasteiger partial charge on any atom is -0.490 e. The maximum absolute atomic E-state index is 13.9. The monoisotopic (exact) mass is 409 g/mol. The van der Waals surface area contributed by atoms with Crippen molar-refractivity contribution in [3.63, 3.8) is 0 Å². The SMILES string of the molecule is CC(NSCCCCCC1NC(=O)NC1=O)c1ccc(F)c(OCC2CC2)c1. The molecule has 3 N–H and O–H groups in total. The molecule has 1 saturated carbocycles. The van der Waals surface area contributed by atoms with Gasteiger partial charge in [-0.15, -0.1) is 0 Å². The third-order valence-corrected chi connectivity index (χ3v) is 6.00. The van der Waals surface area contributed by atoms with Gasteiger partial charge in [-0.05, 0) is 56.2 Å². The molecule has 0 aromatic heterocycles. The van der Waals surface area contributed by atoms with Crippen LogP contribution in [0, 0.1) is 11.7 Å². The third-order valence-electron chi connectivity index (χ3n) is 4.98. The molecule has 154 valence electrons. The predicted octanol–water partition coefficient (Wildman–Crippen LogP) is 3.68. The Morgan fingerprint density at radius 3 is 2.82 bits per heavy atom. The van der Waals surface area contributed by atoms with Gasteiger partial charge in [-0.1, -0.05) is 30.9 Å². The summed E-state index contributed by atoms with van der Waals surface area (Å²) >= 11 is 1.64. The number of nitrogens with one attached hydrogen (secondary N) is 3. The molecule has 1 aliphatic carbocycles. The van der Waals surface area contributed by atoms with Crippen molar-refractivity contribution < 1.29 is 18.7 Å². The summed E-state index contributed by atoms with van der Waals surface area (Å²) in [7, 11) is 0. The molecule has 1 aromatic rings. The van der Waals surface area contributed by atoms with E-state index in [2.05, 4.69) is 15.4 Å². The molecule has 2 fully saturated rings. The highest BCUT2D eigenvalue weighted by Crippen LogP contribution is 2.31. The molecule has 1 heterocycles. The number of amides is 3. The fourth-order valence-corrected chi connectivity index (χ4v) is 3.86. The molecule has 2 unspecified atom stereocenters. The van der Waals surface area contributed by atoms with E-state index in [9.17, 15) is 14.0 Å². The largest absolute Gasteiger partial charge is 0.490 e. The van der Waals surface area contributed by atoms with Crippen LogP contribution in [0.4, 0.5) is 9.18 Å². The third kappa shape index (κ3) is 6.38. The van der Waals surface area contributed by atoms with Crippen molar-refractivity contribution in [1.82, 2.24) is 15.4 Å². The second-order valence-corrected chi connectivity index (χ2v) is 8.43. The average Bonchev–Trinajstić information content (AvgIpc) is 3.44. The van der Waals surface area contributed by atoms with Gasteiger partial charge in [-0.25, -0.2) is 9.18 Å². The van der Waals surface area contributed by atoms with E-state index in [0.29, 0.717) is 24.7 Å². The summed E-state index contributed by atoms with van der Waals surface area (Å²) in [6.07, 6.45) is 5.94. The van der Waals surface area contributed by atoms with Gasteiger partial charge in [0, 0.05) is 11.8 Å². The first-order valence-corrected chi connectivity index (χ1v) is 10.9. The fraction of sp³-hybridized carbons (Fsp3) is 0.600. The second kappa shape index (κ2) is 10.1. The van der Waals surface area contributed by atoms with Crippen LogP contribution >= 0.6 is 11.9 Å². The van der Waals surface area contributed by atoms with E-state index in [-0.39, 0.29) is 23.8 Å². The molecular weight excluding hydrogens is 381 g/mol. The number of ether oxygens (including phenoxy) is 1. The average molecular weight is 410 g/mol. The molecule has 6 nitrogen and oxygen atoms in total. The van der Waals surface area contributed by atoms with Gasteiger partial charge >= 0.3 is 6.03 Å². The molecule has 0 radical (unpaired) electrons. The van der Waals surface area contributed by atoms with Crippen molar-refractivity contribution in [3.8, 4) is 5.75 Å². The van der Waals surface area contributed by atoms with Crippen molar-refractivity contribution in [3.05, 3.63) is 29.6 Å². The Morgan fingerprint density at radius 2 is 2.11 bits per heavy atom. The molecule has 1 saturated heterocycles. The van der Waals surface area contributed by atoms with Crippen LogP contribution < -0.4 is 20.1 Å². The number of rotatable bonds is 12. The Morgan fingerprint density at radius 1 is 1.29 bits per heavy atom. The molecule has 8 heteroatoms. The number of hydrogen-bond donors (Lipinski definition) is 3. The number of halogens is 1. The summed E-state index contributed by atoms with van der Waals surface area (Å²) < 4.78 is 22.9. The molecule has 3 amide bonds. The molecule has 2 atom stereocenters. The van der Waals surface area contributed by atoms with Crippen molar-refractivity contribution in [2.24, 2.45) is 5.92 Å².